The summed E-state index contributed by atoms with van der Waals surface area (Å²) in [6.45, 7) is 2.97. The molecule has 1 rings (SSSR count). The van der Waals surface area contributed by atoms with Crippen molar-refractivity contribution in [1.82, 2.24) is 4.90 Å². The van der Waals surface area contributed by atoms with Gasteiger partial charge < -0.3 is 15.1 Å². The predicted octanol–water partition coefficient (Wildman–Crippen LogP) is 0.369. The third-order valence-corrected chi connectivity index (χ3v) is 2.21. The molecule has 1 saturated heterocycles. The molecular formula is C7H13NO3. The fraction of sp³-hybridized carbons (Fsp3) is 0.857. The van der Waals surface area contributed by atoms with E-state index in [9.17, 15) is 4.79 Å². The summed E-state index contributed by atoms with van der Waals surface area (Å²) in [6.07, 6.45) is -0.127. The fourth-order valence-corrected chi connectivity index (χ4v) is 1.32. The number of aliphatic hydroxyl groups excluding tert-OH is 1. The summed E-state index contributed by atoms with van der Waals surface area (Å²) in [5, 5.41) is 17.5. The zero-order valence-corrected chi connectivity index (χ0v) is 6.58. The highest BCUT2D eigenvalue weighted by Crippen LogP contribution is 2.28. The number of amides is 1. The average Bonchev–Trinajstić information content (AvgIpc) is 2.33. The molecule has 4 nitrogen and oxygen atoms in total. The second-order valence-electron chi connectivity index (χ2n) is 3.42. The summed E-state index contributed by atoms with van der Waals surface area (Å²) in [6, 6.07) is 0. The summed E-state index contributed by atoms with van der Waals surface area (Å²) in [5.74, 6) is 0. The van der Waals surface area contributed by atoms with Crippen molar-refractivity contribution in [3.05, 3.63) is 0 Å². The van der Waals surface area contributed by atoms with Crippen molar-refractivity contribution >= 4 is 6.09 Å². The van der Waals surface area contributed by atoms with Crippen LogP contribution < -0.4 is 0 Å². The topological polar surface area (TPSA) is 60.8 Å². The molecule has 0 saturated carbocycles. The lowest BCUT2D eigenvalue weighted by Crippen LogP contribution is -2.31. The van der Waals surface area contributed by atoms with Crippen LogP contribution in [0.5, 0.6) is 0 Å². The fourth-order valence-electron chi connectivity index (χ4n) is 1.32. The van der Waals surface area contributed by atoms with Gasteiger partial charge in [0.25, 0.3) is 0 Å². The van der Waals surface area contributed by atoms with E-state index in [-0.39, 0.29) is 12.0 Å². The standard InChI is InChI=1S/C7H13NO3/c1-7(5-9)2-3-8(4-7)6(10)11/h9H,2-5H2,1H3,(H,10,11). The summed E-state index contributed by atoms with van der Waals surface area (Å²) in [7, 11) is 0. The molecule has 0 spiro atoms. The Kier molecular flexibility index (Phi) is 2.04. The van der Waals surface area contributed by atoms with E-state index < -0.39 is 6.09 Å². The van der Waals surface area contributed by atoms with E-state index in [0.717, 1.165) is 6.42 Å². The molecule has 1 unspecified atom stereocenters. The molecule has 1 amide bonds. The van der Waals surface area contributed by atoms with Crippen molar-refractivity contribution in [2.75, 3.05) is 19.7 Å². The Morgan fingerprint density at radius 3 is 2.64 bits per heavy atom. The molecule has 2 N–H and O–H groups in total. The van der Waals surface area contributed by atoms with E-state index in [4.69, 9.17) is 10.2 Å². The molecule has 1 heterocycles. The molecule has 1 atom stereocenters. The van der Waals surface area contributed by atoms with Crippen molar-refractivity contribution in [3.8, 4) is 0 Å². The number of carboxylic acid groups (broad SMARTS) is 1. The Balaban J connectivity index is 2.53. The van der Waals surface area contributed by atoms with E-state index in [1.54, 1.807) is 0 Å². The smallest absolute Gasteiger partial charge is 0.407 e. The predicted molar refractivity (Wildman–Crippen MR) is 39.4 cm³/mol. The van der Waals surface area contributed by atoms with Gasteiger partial charge in [-0.2, -0.15) is 0 Å². The third-order valence-electron chi connectivity index (χ3n) is 2.21. The molecule has 4 heteroatoms. The minimum absolute atomic E-state index is 0.0663. The number of hydrogen-bond acceptors (Lipinski definition) is 2. The number of rotatable bonds is 1. The summed E-state index contributed by atoms with van der Waals surface area (Å²) < 4.78 is 0. The van der Waals surface area contributed by atoms with Gasteiger partial charge in [-0.15, -0.1) is 0 Å². The SMILES string of the molecule is CC1(CO)CCN(C(=O)O)C1. The Labute approximate surface area is 65.4 Å². The minimum atomic E-state index is -0.887. The molecular weight excluding hydrogens is 146 g/mol. The van der Waals surface area contributed by atoms with E-state index in [1.807, 2.05) is 6.92 Å². The minimum Gasteiger partial charge on any atom is -0.465 e. The average molecular weight is 159 g/mol. The molecule has 0 radical (unpaired) electrons. The first-order valence-electron chi connectivity index (χ1n) is 3.66. The number of likely N-dealkylation sites (tertiary alicyclic amines) is 1. The van der Waals surface area contributed by atoms with Gasteiger partial charge in [-0.25, -0.2) is 4.79 Å². The van der Waals surface area contributed by atoms with E-state index in [0.29, 0.717) is 13.1 Å². The molecule has 1 aliphatic rings. The van der Waals surface area contributed by atoms with Gasteiger partial charge in [0.05, 0.1) is 6.61 Å². The Hall–Kier alpha value is -0.770. The van der Waals surface area contributed by atoms with Crippen LogP contribution in [0.15, 0.2) is 0 Å². The zero-order chi connectivity index (χ0) is 8.48. The van der Waals surface area contributed by atoms with E-state index in [1.165, 1.54) is 4.90 Å². The van der Waals surface area contributed by atoms with Crippen LogP contribution in [0, 0.1) is 5.41 Å². The maximum Gasteiger partial charge on any atom is 0.407 e. The molecule has 0 aliphatic carbocycles. The van der Waals surface area contributed by atoms with Gasteiger partial charge >= 0.3 is 6.09 Å². The first kappa shape index (κ1) is 8.33. The summed E-state index contributed by atoms with van der Waals surface area (Å²) in [5.41, 5.74) is -0.210. The van der Waals surface area contributed by atoms with Crippen LogP contribution in [0.25, 0.3) is 0 Å². The van der Waals surface area contributed by atoms with Crippen molar-refractivity contribution < 1.29 is 15.0 Å². The van der Waals surface area contributed by atoms with E-state index in [2.05, 4.69) is 0 Å². The van der Waals surface area contributed by atoms with Crippen LogP contribution >= 0.6 is 0 Å². The maximum atomic E-state index is 10.4. The Morgan fingerprint density at radius 1 is 1.73 bits per heavy atom. The van der Waals surface area contributed by atoms with Gasteiger partial charge in [0.2, 0.25) is 0 Å². The van der Waals surface area contributed by atoms with Crippen LogP contribution in [0.3, 0.4) is 0 Å². The normalized spacial score (nSPS) is 30.9. The van der Waals surface area contributed by atoms with Crippen molar-refractivity contribution in [2.24, 2.45) is 5.41 Å². The second-order valence-corrected chi connectivity index (χ2v) is 3.42. The van der Waals surface area contributed by atoms with Crippen molar-refractivity contribution in [2.45, 2.75) is 13.3 Å². The highest BCUT2D eigenvalue weighted by Gasteiger charge is 2.35. The monoisotopic (exact) mass is 159 g/mol. The van der Waals surface area contributed by atoms with Crippen LogP contribution in [0.2, 0.25) is 0 Å². The zero-order valence-electron chi connectivity index (χ0n) is 6.58. The number of nitrogens with zero attached hydrogens (tertiary/aromatic N) is 1. The van der Waals surface area contributed by atoms with Gasteiger partial charge in [0.1, 0.15) is 0 Å². The summed E-state index contributed by atoms with van der Waals surface area (Å²) >= 11 is 0. The molecule has 1 fully saturated rings. The Morgan fingerprint density at radius 2 is 2.36 bits per heavy atom. The van der Waals surface area contributed by atoms with Crippen molar-refractivity contribution in [1.29, 1.82) is 0 Å². The first-order chi connectivity index (χ1) is 5.07. The number of carbonyl (C=O) groups is 1. The van der Waals surface area contributed by atoms with Gasteiger partial charge in [-0.05, 0) is 6.42 Å². The highest BCUT2D eigenvalue weighted by molar-refractivity contribution is 5.65. The van der Waals surface area contributed by atoms with Crippen molar-refractivity contribution in [3.63, 3.8) is 0 Å². The summed E-state index contributed by atoms with van der Waals surface area (Å²) in [4.78, 5) is 11.8. The van der Waals surface area contributed by atoms with Gasteiger partial charge in [-0.1, -0.05) is 6.92 Å². The van der Waals surface area contributed by atoms with Gasteiger partial charge in [0, 0.05) is 18.5 Å². The van der Waals surface area contributed by atoms with Gasteiger partial charge in [-0.3, -0.25) is 0 Å². The molecule has 0 aromatic carbocycles. The maximum absolute atomic E-state index is 10.4. The second kappa shape index (κ2) is 2.70. The molecule has 11 heavy (non-hydrogen) atoms. The largest absolute Gasteiger partial charge is 0.465 e. The number of hydrogen-bond donors (Lipinski definition) is 2. The quantitative estimate of drug-likeness (QED) is 0.581. The molecule has 0 aromatic rings. The number of aliphatic hydroxyl groups is 1. The molecule has 1 aliphatic heterocycles. The third kappa shape index (κ3) is 1.63. The van der Waals surface area contributed by atoms with Crippen LogP contribution in [0.1, 0.15) is 13.3 Å². The molecule has 0 aromatic heterocycles. The highest BCUT2D eigenvalue weighted by atomic mass is 16.4. The Bertz CT molecular complexity index is 171. The lowest BCUT2D eigenvalue weighted by Gasteiger charge is -2.19. The van der Waals surface area contributed by atoms with E-state index >= 15 is 0 Å². The van der Waals surface area contributed by atoms with Crippen LogP contribution in [-0.2, 0) is 0 Å². The molecule has 64 valence electrons. The van der Waals surface area contributed by atoms with Gasteiger partial charge in [0.15, 0.2) is 0 Å². The first-order valence-corrected chi connectivity index (χ1v) is 3.66. The lowest BCUT2D eigenvalue weighted by molar-refractivity contribution is 0.129. The lowest BCUT2D eigenvalue weighted by atomic mass is 9.91. The van der Waals surface area contributed by atoms with Crippen LogP contribution in [0.4, 0.5) is 4.79 Å². The van der Waals surface area contributed by atoms with Crippen LogP contribution in [-0.4, -0.2) is 40.9 Å². The molecule has 0 bridgehead atoms.